The third-order valence-electron chi connectivity index (χ3n) is 2.31. The van der Waals surface area contributed by atoms with Gasteiger partial charge in [-0.05, 0) is 33.3 Å². The van der Waals surface area contributed by atoms with Gasteiger partial charge in [0, 0.05) is 5.41 Å². The third kappa shape index (κ3) is 1.02. The zero-order valence-corrected chi connectivity index (χ0v) is 8.12. The van der Waals surface area contributed by atoms with Crippen LogP contribution < -0.4 is 0 Å². The van der Waals surface area contributed by atoms with Crippen molar-refractivity contribution in [1.29, 1.82) is 0 Å². The third-order valence-corrected chi connectivity index (χ3v) is 2.73. The quantitative estimate of drug-likeness (QED) is 0.406. The van der Waals surface area contributed by atoms with Crippen LogP contribution in [0.4, 0.5) is 0 Å². The molecule has 0 bridgehead atoms. The van der Waals surface area contributed by atoms with E-state index in [1.54, 1.807) is 0 Å². The molecule has 1 atom stereocenters. The van der Waals surface area contributed by atoms with Gasteiger partial charge < -0.3 is 0 Å². The molecule has 0 radical (unpaired) electrons. The maximum Gasteiger partial charge on any atom is 0.164 e. The SMILES string of the molecule is CC(C)=C1C(Cl)C(=O)C1(C)C. The van der Waals surface area contributed by atoms with Crippen molar-refractivity contribution in [3.63, 3.8) is 0 Å². The Balaban J connectivity index is 3.05. The van der Waals surface area contributed by atoms with E-state index in [4.69, 9.17) is 11.6 Å². The molecular formula is C9H13ClO. The van der Waals surface area contributed by atoms with Crippen LogP contribution in [0.1, 0.15) is 27.7 Å². The standard InChI is InChI=1S/C9H13ClO/c1-5(2)6-7(10)8(11)9(6,3)4/h7H,1-4H3. The Bertz CT molecular complexity index is 234. The lowest BCUT2D eigenvalue weighted by Gasteiger charge is -2.42. The number of Topliss-reactive ketones (excluding diaryl/α,β-unsaturated/α-hetero) is 1. The minimum absolute atomic E-state index is 0.148. The fourth-order valence-corrected chi connectivity index (χ4v) is 2.46. The minimum Gasteiger partial charge on any atom is -0.297 e. The van der Waals surface area contributed by atoms with E-state index >= 15 is 0 Å². The summed E-state index contributed by atoms with van der Waals surface area (Å²) in [6.45, 7) is 7.85. The van der Waals surface area contributed by atoms with E-state index in [0.29, 0.717) is 0 Å². The fraction of sp³-hybridized carbons (Fsp3) is 0.667. The lowest BCUT2D eigenvalue weighted by atomic mass is 9.64. The molecule has 1 saturated carbocycles. The highest BCUT2D eigenvalue weighted by atomic mass is 35.5. The van der Waals surface area contributed by atoms with Crippen LogP contribution in [0, 0.1) is 5.41 Å². The molecule has 0 aromatic carbocycles. The van der Waals surface area contributed by atoms with Crippen LogP contribution in [0.25, 0.3) is 0 Å². The van der Waals surface area contributed by atoms with E-state index in [1.165, 1.54) is 5.57 Å². The lowest BCUT2D eigenvalue weighted by Crippen LogP contribution is -2.49. The van der Waals surface area contributed by atoms with Crippen molar-refractivity contribution in [2.75, 3.05) is 0 Å². The van der Waals surface area contributed by atoms with Crippen molar-refractivity contribution >= 4 is 17.4 Å². The molecule has 0 saturated heterocycles. The Morgan fingerprint density at radius 1 is 1.45 bits per heavy atom. The molecule has 0 amide bonds. The molecule has 1 nitrogen and oxygen atoms in total. The molecule has 0 aromatic rings. The maximum atomic E-state index is 11.2. The van der Waals surface area contributed by atoms with Crippen molar-refractivity contribution in [3.8, 4) is 0 Å². The molecule has 0 aromatic heterocycles. The summed E-state index contributed by atoms with van der Waals surface area (Å²) in [6, 6.07) is 0. The Morgan fingerprint density at radius 2 is 1.91 bits per heavy atom. The van der Waals surface area contributed by atoms with E-state index in [-0.39, 0.29) is 16.6 Å². The monoisotopic (exact) mass is 172 g/mol. The van der Waals surface area contributed by atoms with E-state index in [0.717, 1.165) is 5.57 Å². The van der Waals surface area contributed by atoms with Gasteiger partial charge in [-0.15, -0.1) is 11.6 Å². The van der Waals surface area contributed by atoms with Gasteiger partial charge in [0.25, 0.3) is 0 Å². The first kappa shape index (κ1) is 8.79. The highest BCUT2D eigenvalue weighted by Gasteiger charge is 2.50. The van der Waals surface area contributed by atoms with Crippen LogP contribution in [0.5, 0.6) is 0 Å². The molecule has 0 aliphatic heterocycles. The molecule has 2 heteroatoms. The molecule has 11 heavy (non-hydrogen) atoms. The van der Waals surface area contributed by atoms with Gasteiger partial charge in [-0.1, -0.05) is 5.57 Å². The van der Waals surface area contributed by atoms with E-state index in [1.807, 2.05) is 27.7 Å². The van der Waals surface area contributed by atoms with Crippen LogP contribution >= 0.6 is 11.6 Å². The fourth-order valence-electron chi connectivity index (χ4n) is 1.70. The Labute approximate surface area is 72.4 Å². The van der Waals surface area contributed by atoms with Gasteiger partial charge in [0.05, 0.1) is 0 Å². The molecule has 1 aliphatic rings. The smallest absolute Gasteiger partial charge is 0.164 e. The predicted octanol–water partition coefficient (Wildman–Crippen LogP) is 2.54. The van der Waals surface area contributed by atoms with Crippen molar-refractivity contribution in [1.82, 2.24) is 0 Å². The van der Waals surface area contributed by atoms with Crippen molar-refractivity contribution in [2.45, 2.75) is 33.1 Å². The van der Waals surface area contributed by atoms with Crippen molar-refractivity contribution in [3.05, 3.63) is 11.1 Å². The van der Waals surface area contributed by atoms with Gasteiger partial charge in [-0.2, -0.15) is 0 Å². The normalized spacial score (nSPS) is 28.3. The summed E-state index contributed by atoms with van der Waals surface area (Å²) in [5.41, 5.74) is 1.98. The van der Waals surface area contributed by atoms with E-state index < -0.39 is 0 Å². The second-order valence-corrected chi connectivity index (χ2v) is 4.20. The first-order valence-corrected chi connectivity index (χ1v) is 4.19. The highest BCUT2D eigenvalue weighted by Crippen LogP contribution is 2.46. The summed E-state index contributed by atoms with van der Waals surface area (Å²) < 4.78 is 0. The summed E-state index contributed by atoms with van der Waals surface area (Å²) in [6.07, 6.45) is 0. The van der Waals surface area contributed by atoms with Gasteiger partial charge in [0.1, 0.15) is 5.38 Å². The summed E-state index contributed by atoms with van der Waals surface area (Å²) in [5, 5.41) is -0.352. The second kappa shape index (κ2) is 2.34. The number of ketones is 1. The molecule has 0 spiro atoms. The van der Waals surface area contributed by atoms with E-state index in [9.17, 15) is 4.79 Å². The van der Waals surface area contributed by atoms with Crippen LogP contribution in [0.15, 0.2) is 11.1 Å². The number of alkyl halides is 1. The minimum atomic E-state index is -0.352. The van der Waals surface area contributed by atoms with Gasteiger partial charge in [-0.3, -0.25) is 4.79 Å². The topological polar surface area (TPSA) is 17.1 Å². The van der Waals surface area contributed by atoms with Crippen LogP contribution in [-0.4, -0.2) is 11.2 Å². The summed E-state index contributed by atoms with van der Waals surface area (Å²) >= 11 is 5.84. The van der Waals surface area contributed by atoms with Crippen LogP contribution in [-0.2, 0) is 4.79 Å². The second-order valence-electron chi connectivity index (χ2n) is 3.77. The van der Waals surface area contributed by atoms with Gasteiger partial charge in [0.2, 0.25) is 0 Å². The lowest BCUT2D eigenvalue weighted by molar-refractivity contribution is -0.129. The number of halogens is 1. The molecule has 0 N–H and O–H groups in total. The number of allylic oxidation sites excluding steroid dienone is 2. The molecule has 1 unspecified atom stereocenters. The largest absolute Gasteiger partial charge is 0.297 e. The van der Waals surface area contributed by atoms with Gasteiger partial charge in [0.15, 0.2) is 5.78 Å². The first-order valence-electron chi connectivity index (χ1n) is 3.75. The van der Waals surface area contributed by atoms with Crippen LogP contribution in [0.2, 0.25) is 0 Å². The summed E-state index contributed by atoms with van der Waals surface area (Å²) in [7, 11) is 0. The summed E-state index contributed by atoms with van der Waals surface area (Å²) in [5.74, 6) is 0.148. The number of rotatable bonds is 0. The predicted molar refractivity (Wildman–Crippen MR) is 46.8 cm³/mol. The average molecular weight is 173 g/mol. The number of hydrogen-bond donors (Lipinski definition) is 0. The molecule has 1 aliphatic carbocycles. The molecule has 0 heterocycles. The zero-order valence-electron chi connectivity index (χ0n) is 7.36. The Hall–Kier alpha value is -0.300. The highest BCUT2D eigenvalue weighted by molar-refractivity contribution is 6.38. The maximum absolute atomic E-state index is 11.2. The number of carbonyl (C=O) groups excluding carboxylic acids is 1. The number of hydrogen-bond acceptors (Lipinski definition) is 1. The Morgan fingerprint density at radius 3 is 2.09 bits per heavy atom. The molecular weight excluding hydrogens is 160 g/mol. The molecule has 62 valence electrons. The Kier molecular flexibility index (Phi) is 1.87. The summed E-state index contributed by atoms with van der Waals surface area (Å²) in [4.78, 5) is 11.2. The zero-order chi connectivity index (χ0) is 8.81. The van der Waals surface area contributed by atoms with Crippen molar-refractivity contribution in [2.24, 2.45) is 5.41 Å². The van der Waals surface area contributed by atoms with Gasteiger partial charge in [-0.25, -0.2) is 0 Å². The van der Waals surface area contributed by atoms with Crippen molar-refractivity contribution < 1.29 is 4.79 Å². The van der Waals surface area contributed by atoms with Gasteiger partial charge >= 0.3 is 0 Å². The average Bonchev–Trinajstić information content (AvgIpc) is 1.85. The van der Waals surface area contributed by atoms with Crippen LogP contribution in [0.3, 0.4) is 0 Å². The molecule has 1 rings (SSSR count). The first-order chi connectivity index (χ1) is 4.89. The number of carbonyl (C=O) groups is 1. The van der Waals surface area contributed by atoms with E-state index in [2.05, 4.69) is 0 Å². The molecule has 1 fully saturated rings.